The lowest BCUT2D eigenvalue weighted by molar-refractivity contribution is 0.593. The highest BCUT2D eigenvalue weighted by molar-refractivity contribution is 7.15. The Morgan fingerprint density at radius 1 is 1.09 bits per heavy atom. The Bertz CT molecular complexity index is 875. The quantitative estimate of drug-likeness (QED) is 0.704. The van der Waals surface area contributed by atoms with Crippen LogP contribution in [0, 0.1) is 5.82 Å². The molecule has 4 heteroatoms. The minimum absolute atomic E-state index is 0.0993. The van der Waals surface area contributed by atoms with Gasteiger partial charge in [0.15, 0.2) is 0 Å². The molecule has 2 nitrogen and oxygen atoms in total. The minimum atomic E-state index is -0.185. The van der Waals surface area contributed by atoms with Crippen LogP contribution in [-0.2, 0) is 19.4 Å². The average Bonchev–Trinajstić information content (AvgIpc) is 3.24. The number of benzene rings is 1. The molecule has 0 saturated carbocycles. The second-order valence-electron chi connectivity index (χ2n) is 6.31. The molecule has 1 aromatic carbocycles. The summed E-state index contributed by atoms with van der Waals surface area (Å²) in [5, 5.41) is 5.06. The standard InChI is InChI=1S/C19H17FN2S/c20-13-8-6-12(7-9-13)18-16-4-2-10-22(16)19-15(11-21-18)14-3-1-5-17(14)23-19/h2,4,6-10,18,21H,1,3,5,11H2/t18-/m1/s1. The molecule has 0 amide bonds. The molecule has 3 aromatic rings. The molecule has 0 fully saturated rings. The maximum atomic E-state index is 13.3. The van der Waals surface area contributed by atoms with E-state index in [1.807, 2.05) is 23.5 Å². The van der Waals surface area contributed by atoms with E-state index in [1.165, 1.54) is 35.5 Å². The van der Waals surface area contributed by atoms with Crippen LogP contribution >= 0.6 is 11.3 Å². The first-order valence-corrected chi connectivity index (χ1v) is 8.93. The van der Waals surface area contributed by atoms with Crippen LogP contribution in [0.3, 0.4) is 0 Å². The summed E-state index contributed by atoms with van der Waals surface area (Å²) >= 11 is 1.95. The van der Waals surface area contributed by atoms with Crippen molar-refractivity contribution in [2.75, 3.05) is 0 Å². The van der Waals surface area contributed by atoms with Gasteiger partial charge in [-0.25, -0.2) is 4.39 Å². The van der Waals surface area contributed by atoms with Crippen LogP contribution in [0.1, 0.15) is 39.7 Å². The third-order valence-electron chi connectivity index (χ3n) is 4.99. The van der Waals surface area contributed by atoms with Crippen molar-refractivity contribution in [3.8, 4) is 5.00 Å². The number of aryl methyl sites for hydroxylation is 1. The van der Waals surface area contributed by atoms with Gasteiger partial charge in [-0.05, 0) is 54.7 Å². The van der Waals surface area contributed by atoms with Gasteiger partial charge >= 0.3 is 0 Å². The van der Waals surface area contributed by atoms with Gasteiger partial charge in [-0.3, -0.25) is 0 Å². The van der Waals surface area contributed by atoms with Crippen LogP contribution < -0.4 is 5.32 Å². The monoisotopic (exact) mass is 324 g/mol. The lowest BCUT2D eigenvalue weighted by atomic mass is 10.0. The highest BCUT2D eigenvalue weighted by Gasteiger charge is 2.29. The minimum Gasteiger partial charge on any atom is -0.310 e. The molecule has 2 aliphatic rings. The van der Waals surface area contributed by atoms with Crippen molar-refractivity contribution in [1.29, 1.82) is 0 Å². The summed E-state index contributed by atoms with van der Waals surface area (Å²) in [6.45, 7) is 0.880. The molecule has 0 bridgehead atoms. The maximum Gasteiger partial charge on any atom is 0.123 e. The zero-order valence-electron chi connectivity index (χ0n) is 12.7. The molecule has 0 saturated heterocycles. The van der Waals surface area contributed by atoms with Gasteiger partial charge in [0.05, 0.1) is 6.04 Å². The average molecular weight is 324 g/mol. The molecule has 3 heterocycles. The number of aromatic nitrogens is 1. The summed E-state index contributed by atoms with van der Waals surface area (Å²) in [6.07, 6.45) is 5.88. The zero-order chi connectivity index (χ0) is 15.4. The molecule has 0 unspecified atom stereocenters. The van der Waals surface area contributed by atoms with Crippen LogP contribution in [0.4, 0.5) is 4.39 Å². The van der Waals surface area contributed by atoms with E-state index in [1.54, 1.807) is 22.6 Å². The number of thiophene rings is 1. The van der Waals surface area contributed by atoms with Crippen molar-refractivity contribution in [3.63, 3.8) is 0 Å². The SMILES string of the molecule is Fc1ccc([C@H]2NCc3c(sc4c3CCC4)-n3cccc32)cc1. The van der Waals surface area contributed by atoms with E-state index >= 15 is 0 Å². The Balaban J connectivity index is 1.65. The Labute approximate surface area is 138 Å². The number of hydrogen-bond donors (Lipinski definition) is 1. The number of rotatable bonds is 1. The van der Waals surface area contributed by atoms with Gasteiger partial charge in [-0.2, -0.15) is 0 Å². The fourth-order valence-electron chi connectivity index (χ4n) is 3.90. The van der Waals surface area contributed by atoms with Crippen molar-refractivity contribution < 1.29 is 4.39 Å². The van der Waals surface area contributed by atoms with E-state index in [0.717, 1.165) is 12.1 Å². The molecule has 23 heavy (non-hydrogen) atoms. The normalized spacial score (nSPS) is 19.1. The number of halogens is 1. The Hall–Kier alpha value is -1.91. The van der Waals surface area contributed by atoms with Gasteiger partial charge in [0.25, 0.3) is 0 Å². The van der Waals surface area contributed by atoms with E-state index in [0.29, 0.717) is 0 Å². The lowest BCUT2D eigenvalue weighted by Crippen LogP contribution is -2.21. The van der Waals surface area contributed by atoms with Gasteiger partial charge < -0.3 is 9.88 Å². The summed E-state index contributed by atoms with van der Waals surface area (Å²) in [4.78, 5) is 1.57. The van der Waals surface area contributed by atoms with E-state index in [2.05, 4.69) is 28.2 Å². The Kier molecular flexibility index (Phi) is 2.97. The second kappa shape index (κ2) is 5.05. The number of hydrogen-bond acceptors (Lipinski definition) is 2. The summed E-state index contributed by atoms with van der Waals surface area (Å²) in [6, 6.07) is 11.2. The van der Waals surface area contributed by atoms with Gasteiger partial charge in [0.2, 0.25) is 0 Å². The van der Waals surface area contributed by atoms with Crippen LogP contribution in [0.2, 0.25) is 0 Å². The van der Waals surface area contributed by atoms with Crippen LogP contribution in [-0.4, -0.2) is 4.57 Å². The fraction of sp³-hybridized carbons (Fsp3) is 0.263. The van der Waals surface area contributed by atoms with E-state index in [9.17, 15) is 4.39 Å². The zero-order valence-corrected chi connectivity index (χ0v) is 13.5. The van der Waals surface area contributed by atoms with Crippen molar-refractivity contribution in [2.45, 2.75) is 31.8 Å². The largest absolute Gasteiger partial charge is 0.310 e. The molecule has 0 radical (unpaired) electrons. The Morgan fingerprint density at radius 3 is 2.83 bits per heavy atom. The summed E-state index contributed by atoms with van der Waals surface area (Å²) in [5.41, 5.74) is 5.37. The fourth-order valence-corrected chi connectivity index (χ4v) is 5.31. The maximum absolute atomic E-state index is 13.3. The van der Waals surface area contributed by atoms with E-state index < -0.39 is 0 Å². The first-order valence-electron chi connectivity index (χ1n) is 8.11. The first kappa shape index (κ1) is 13.5. The van der Waals surface area contributed by atoms with Gasteiger partial charge in [0.1, 0.15) is 10.8 Å². The van der Waals surface area contributed by atoms with Gasteiger partial charge in [0, 0.05) is 28.9 Å². The lowest BCUT2D eigenvalue weighted by Gasteiger charge is -2.18. The summed E-state index contributed by atoms with van der Waals surface area (Å²) in [5.74, 6) is -0.185. The molecule has 0 spiro atoms. The predicted octanol–water partition coefficient (Wildman–Crippen LogP) is 4.36. The topological polar surface area (TPSA) is 17.0 Å². The molecule has 1 N–H and O–H groups in total. The predicted molar refractivity (Wildman–Crippen MR) is 90.8 cm³/mol. The summed E-state index contributed by atoms with van der Waals surface area (Å²) < 4.78 is 15.6. The smallest absolute Gasteiger partial charge is 0.123 e. The van der Waals surface area contributed by atoms with E-state index in [-0.39, 0.29) is 11.9 Å². The molecule has 2 aromatic heterocycles. The molecule has 116 valence electrons. The van der Waals surface area contributed by atoms with Crippen molar-refractivity contribution in [2.24, 2.45) is 0 Å². The number of fused-ring (bicyclic) bond motifs is 5. The first-order chi connectivity index (χ1) is 11.3. The van der Waals surface area contributed by atoms with Crippen LogP contribution in [0.15, 0.2) is 42.6 Å². The van der Waals surface area contributed by atoms with E-state index in [4.69, 9.17) is 0 Å². The molecule has 1 aliphatic heterocycles. The molecule has 1 aliphatic carbocycles. The molecule has 1 atom stereocenters. The summed E-state index contributed by atoms with van der Waals surface area (Å²) in [7, 11) is 0. The Morgan fingerprint density at radius 2 is 1.96 bits per heavy atom. The third-order valence-corrected chi connectivity index (χ3v) is 6.32. The molecular formula is C19H17FN2S. The number of nitrogens with zero attached hydrogens (tertiary/aromatic N) is 1. The second-order valence-corrected chi connectivity index (χ2v) is 7.39. The molecule has 5 rings (SSSR count). The van der Waals surface area contributed by atoms with Gasteiger partial charge in [-0.1, -0.05) is 12.1 Å². The highest BCUT2D eigenvalue weighted by Crippen LogP contribution is 2.41. The van der Waals surface area contributed by atoms with Crippen LogP contribution in [0.5, 0.6) is 0 Å². The highest BCUT2D eigenvalue weighted by atomic mass is 32.1. The molecular weight excluding hydrogens is 307 g/mol. The van der Waals surface area contributed by atoms with Gasteiger partial charge in [-0.15, -0.1) is 11.3 Å². The van der Waals surface area contributed by atoms with Crippen molar-refractivity contribution in [3.05, 3.63) is 75.7 Å². The third kappa shape index (κ3) is 2.02. The van der Waals surface area contributed by atoms with Crippen molar-refractivity contribution >= 4 is 11.3 Å². The van der Waals surface area contributed by atoms with Crippen molar-refractivity contribution in [1.82, 2.24) is 9.88 Å². The van der Waals surface area contributed by atoms with Crippen LogP contribution in [0.25, 0.3) is 5.00 Å². The number of nitrogens with one attached hydrogen (secondary N) is 1.